The van der Waals surface area contributed by atoms with E-state index in [2.05, 4.69) is 11.9 Å². The summed E-state index contributed by atoms with van der Waals surface area (Å²) in [4.78, 5) is 15.6. The number of carbonyl (C=O) groups is 1. The SMILES string of the molecule is CCCCOC1=NC=CC=CC1C(=O)OC. The predicted octanol–water partition coefficient (Wildman–Crippen LogP) is 2.07. The molecule has 4 heteroatoms. The van der Waals surface area contributed by atoms with Crippen molar-refractivity contribution in [3.05, 3.63) is 24.4 Å². The van der Waals surface area contributed by atoms with E-state index in [4.69, 9.17) is 9.47 Å². The van der Waals surface area contributed by atoms with Crippen LogP contribution in [0.4, 0.5) is 0 Å². The van der Waals surface area contributed by atoms with Gasteiger partial charge in [0.1, 0.15) is 0 Å². The van der Waals surface area contributed by atoms with E-state index in [-0.39, 0.29) is 5.97 Å². The molecule has 16 heavy (non-hydrogen) atoms. The first-order chi connectivity index (χ1) is 7.79. The van der Waals surface area contributed by atoms with Crippen LogP contribution < -0.4 is 0 Å². The van der Waals surface area contributed by atoms with Gasteiger partial charge in [-0.1, -0.05) is 25.5 Å². The molecule has 0 saturated carbocycles. The number of methoxy groups -OCH3 is 1. The molecule has 0 aromatic heterocycles. The van der Waals surface area contributed by atoms with Gasteiger partial charge in [-0.15, -0.1) is 0 Å². The lowest BCUT2D eigenvalue weighted by atomic mass is 10.1. The van der Waals surface area contributed by atoms with E-state index in [1.807, 2.05) is 0 Å². The van der Waals surface area contributed by atoms with Crippen molar-refractivity contribution in [3.8, 4) is 0 Å². The summed E-state index contributed by atoms with van der Waals surface area (Å²) >= 11 is 0. The molecule has 1 unspecified atom stereocenters. The van der Waals surface area contributed by atoms with E-state index >= 15 is 0 Å². The third-order valence-corrected chi connectivity index (χ3v) is 2.17. The van der Waals surface area contributed by atoms with E-state index in [1.54, 1.807) is 24.4 Å². The number of hydrogen-bond acceptors (Lipinski definition) is 4. The molecule has 0 aliphatic carbocycles. The fourth-order valence-corrected chi connectivity index (χ4v) is 1.26. The highest BCUT2D eigenvalue weighted by molar-refractivity contribution is 6.00. The minimum absolute atomic E-state index is 0.352. The maximum atomic E-state index is 11.5. The molecule has 88 valence electrons. The molecule has 4 nitrogen and oxygen atoms in total. The van der Waals surface area contributed by atoms with Gasteiger partial charge in [0.2, 0.25) is 5.90 Å². The van der Waals surface area contributed by atoms with Crippen LogP contribution in [0.2, 0.25) is 0 Å². The van der Waals surface area contributed by atoms with Crippen molar-refractivity contribution in [1.29, 1.82) is 0 Å². The van der Waals surface area contributed by atoms with E-state index in [9.17, 15) is 4.79 Å². The topological polar surface area (TPSA) is 47.9 Å². The van der Waals surface area contributed by atoms with Gasteiger partial charge in [-0.3, -0.25) is 4.79 Å². The van der Waals surface area contributed by atoms with Crippen molar-refractivity contribution in [3.63, 3.8) is 0 Å². The smallest absolute Gasteiger partial charge is 0.322 e. The van der Waals surface area contributed by atoms with Gasteiger partial charge in [0.25, 0.3) is 0 Å². The minimum atomic E-state index is -0.531. The fourth-order valence-electron chi connectivity index (χ4n) is 1.26. The van der Waals surface area contributed by atoms with Crippen molar-refractivity contribution in [2.75, 3.05) is 13.7 Å². The Balaban J connectivity index is 2.67. The summed E-state index contributed by atoms with van der Waals surface area (Å²) in [6.45, 7) is 2.65. The number of aliphatic imine (C=N–C) groups is 1. The third kappa shape index (κ3) is 3.53. The normalized spacial score (nSPS) is 18.9. The highest BCUT2D eigenvalue weighted by Crippen LogP contribution is 2.11. The Hall–Kier alpha value is -1.58. The Morgan fingerprint density at radius 3 is 3.00 bits per heavy atom. The lowest BCUT2D eigenvalue weighted by Gasteiger charge is -2.13. The number of nitrogens with zero attached hydrogens (tertiary/aromatic N) is 1. The monoisotopic (exact) mass is 223 g/mol. The summed E-state index contributed by atoms with van der Waals surface area (Å²) in [7, 11) is 1.36. The zero-order valence-corrected chi connectivity index (χ0v) is 9.68. The van der Waals surface area contributed by atoms with E-state index < -0.39 is 5.92 Å². The third-order valence-electron chi connectivity index (χ3n) is 2.17. The molecule has 0 radical (unpaired) electrons. The minimum Gasteiger partial charge on any atom is -0.480 e. The molecule has 0 saturated heterocycles. The fraction of sp³-hybridized carbons (Fsp3) is 0.500. The Morgan fingerprint density at radius 2 is 2.31 bits per heavy atom. The number of unbranched alkanes of at least 4 members (excludes halogenated alkanes) is 1. The van der Waals surface area contributed by atoms with Crippen molar-refractivity contribution in [2.45, 2.75) is 19.8 Å². The second-order valence-electron chi connectivity index (χ2n) is 3.40. The summed E-state index contributed by atoms with van der Waals surface area (Å²) in [6, 6.07) is 0. The van der Waals surface area contributed by atoms with Gasteiger partial charge >= 0.3 is 5.97 Å². The van der Waals surface area contributed by atoms with Gasteiger partial charge in [-0.05, 0) is 12.5 Å². The first kappa shape index (κ1) is 12.5. The van der Waals surface area contributed by atoms with Crippen molar-refractivity contribution in [1.82, 2.24) is 0 Å². The lowest BCUT2D eigenvalue weighted by Crippen LogP contribution is -2.25. The summed E-state index contributed by atoms with van der Waals surface area (Å²) in [6.07, 6.45) is 8.84. The second-order valence-corrected chi connectivity index (χ2v) is 3.40. The summed E-state index contributed by atoms with van der Waals surface area (Å²) in [5.74, 6) is -0.475. The van der Waals surface area contributed by atoms with E-state index in [1.165, 1.54) is 7.11 Å². The average molecular weight is 223 g/mol. The largest absolute Gasteiger partial charge is 0.480 e. The van der Waals surface area contributed by atoms with Crippen LogP contribution in [0.5, 0.6) is 0 Å². The maximum absolute atomic E-state index is 11.5. The molecule has 0 amide bonds. The number of ether oxygens (including phenoxy) is 2. The lowest BCUT2D eigenvalue weighted by molar-refractivity contribution is -0.142. The Labute approximate surface area is 95.7 Å². The molecule has 0 aromatic rings. The molecular formula is C12H17NO3. The highest BCUT2D eigenvalue weighted by atomic mass is 16.5. The summed E-state index contributed by atoms with van der Waals surface area (Å²) in [5, 5.41) is 0. The summed E-state index contributed by atoms with van der Waals surface area (Å²) < 4.78 is 10.2. The molecule has 0 bridgehead atoms. The Kier molecular flexibility index (Phi) is 5.32. The molecule has 0 fully saturated rings. The first-order valence-electron chi connectivity index (χ1n) is 5.41. The molecule has 1 aliphatic heterocycles. The average Bonchev–Trinajstić information content (AvgIpc) is 2.54. The van der Waals surface area contributed by atoms with Crippen LogP contribution in [-0.4, -0.2) is 25.6 Å². The van der Waals surface area contributed by atoms with Crippen molar-refractivity contribution in [2.24, 2.45) is 10.9 Å². The van der Waals surface area contributed by atoms with Crippen LogP contribution in [0, 0.1) is 5.92 Å². The zero-order chi connectivity index (χ0) is 11.8. The van der Waals surface area contributed by atoms with Gasteiger partial charge in [-0.2, -0.15) is 0 Å². The zero-order valence-electron chi connectivity index (χ0n) is 9.68. The number of carbonyl (C=O) groups excluding carboxylic acids is 1. The van der Waals surface area contributed by atoms with Crippen LogP contribution in [-0.2, 0) is 14.3 Å². The quantitative estimate of drug-likeness (QED) is 0.541. The van der Waals surface area contributed by atoms with Crippen LogP contribution in [0.15, 0.2) is 29.4 Å². The highest BCUT2D eigenvalue weighted by Gasteiger charge is 2.24. The molecule has 1 heterocycles. The van der Waals surface area contributed by atoms with Crippen LogP contribution >= 0.6 is 0 Å². The molecule has 1 rings (SSSR count). The van der Waals surface area contributed by atoms with Crippen molar-refractivity contribution < 1.29 is 14.3 Å². The van der Waals surface area contributed by atoms with E-state index in [0.29, 0.717) is 12.5 Å². The molecular weight excluding hydrogens is 206 g/mol. The molecule has 0 aromatic carbocycles. The molecule has 1 atom stereocenters. The van der Waals surface area contributed by atoms with Gasteiger partial charge in [-0.25, -0.2) is 4.99 Å². The number of allylic oxidation sites excluding steroid dienone is 2. The van der Waals surface area contributed by atoms with Gasteiger partial charge in [0.15, 0.2) is 5.92 Å². The number of rotatable bonds is 4. The van der Waals surface area contributed by atoms with Crippen LogP contribution in [0.25, 0.3) is 0 Å². The standard InChI is InChI=1S/C12H17NO3/c1-3-4-9-16-11-10(12(14)15-2)7-5-6-8-13-11/h5-8,10H,3-4,9H2,1-2H3. The maximum Gasteiger partial charge on any atom is 0.322 e. The molecule has 1 aliphatic rings. The first-order valence-corrected chi connectivity index (χ1v) is 5.41. The summed E-state index contributed by atoms with van der Waals surface area (Å²) in [5.41, 5.74) is 0. The Bertz CT molecular complexity index is 318. The van der Waals surface area contributed by atoms with Crippen LogP contribution in [0.1, 0.15) is 19.8 Å². The number of esters is 1. The number of hydrogen-bond donors (Lipinski definition) is 0. The van der Waals surface area contributed by atoms with Gasteiger partial charge in [0, 0.05) is 6.20 Å². The Morgan fingerprint density at radius 1 is 1.50 bits per heavy atom. The van der Waals surface area contributed by atoms with Gasteiger partial charge in [0.05, 0.1) is 13.7 Å². The van der Waals surface area contributed by atoms with Gasteiger partial charge < -0.3 is 9.47 Å². The van der Waals surface area contributed by atoms with Crippen molar-refractivity contribution >= 4 is 11.9 Å². The van der Waals surface area contributed by atoms with Crippen LogP contribution in [0.3, 0.4) is 0 Å². The molecule has 0 spiro atoms. The van der Waals surface area contributed by atoms with E-state index in [0.717, 1.165) is 12.8 Å². The molecule has 0 N–H and O–H groups in total. The second kappa shape index (κ2) is 6.82. The predicted molar refractivity (Wildman–Crippen MR) is 62.1 cm³/mol.